The highest BCUT2D eigenvalue weighted by atomic mass is 19.2. The molecule has 2 heterocycles. The quantitative estimate of drug-likeness (QED) is 0.861. The van der Waals surface area contributed by atoms with Gasteiger partial charge in [0.1, 0.15) is 0 Å². The fraction of sp³-hybridized carbons (Fsp3) is 0.474. The van der Waals surface area contributed by atoms with Crippen LogP contribution in [0.5, 0.6) is 0 Å². The second-order valence-electron chi connectivity index (χ2n) is 7.04. The van der Waals surface area contributed by atoms with Crippen molar-refractivity contribution in [3.8, 4) is 5.69 Å². The summed E-state index contributed by atoms with van der Waals surface area (Å²) in [5.74, 6) is -1.38. The lowest BCUT2D eigenvalue weighted by Crippen LogP contribution is -2.27. The number of benzene rings is 1. The van der Waals surface area contributed by atoms with E-state index in [2.05, 4.69) is 15.7 Å². The Balaban J connectivity index is 1.53. The highest BCUT2D eigenvalue weighted by Gasteiger charge is 2.27. The van der Waals surface area contributed by atoms with Crippen molar-refractivity contribution in [1.29, 1.82) is 0 Å². The van der Waals surface area contributed by atoms with E-state index in [1.807, 2.05) is 0 Å². The Kier molecular flexibility index (Phi) is 4.72. The Morgan fingerprint density at radius 3 is 2.96 bits per heavy atom. The molecule has 0 saturated carbocycles. The second kappa shape index (κ2) is 7.15. The third kappa shape index (κ3) is 3.23. The first-order chi connectivity index (χ1) is 12.6. The van der Waals surface area contributed by atoms with E-state index in [0.29, 0.717) is 23.8 Å². The summed E-state index contributed by atoms with van der Waals surface area (Å²) in [5, 5.41) is 10.7. The molecule has 1 aromatic carbocycles. The number of nitrogens with one attached hydrogen (secondary N) is 2. The molecule has 138 valence electrons. The molecule has 1 atom stereocenters. The van der Waals surface area contributed by atoms with Crippen molar-refractivity contribution in [3.05, 3.63) is 46.8 Å². The van der Waals surface area contributed by atoms with Crippen LogP contribution in [0.25, 0.3) is 5.69 Å². The molecule has 2 N–H and O–H groups in total. The number of aromatic nitrogens is 2. The number of hydrogen-bond acceptors (Lipinski definition) is 3. The molecule has 0 bridgehead atoms. The van der Waals surface area contributed by atoms with Crippen LogP contribution in [0.3, 0.4) is 0 Å². The van der Waals surface area contributed by atoms with Crippen LogP contribution in [0.4, 0.5) is 8.78 Å². The summed E-state index contributed by atoms with van der Waals surface area (Å²) < 4.78 is 28.4. The van der Waals surface area contributed by atoms with Crippen molar-refractivity contribution < 1.29 is 13.6 Å². The van der Waals surface area contributed by atoms with Crippen molar-refractivity contribution in [1.82, 2.24) is 20.4 Å². The van der Waals surface area contributed by atoms with E-state index in [1.54, 1.807) is 4.68 Å². The first-order valence-electron chi connectivity index (χ1n) is 9.18. The number of nitrogens with zero attached hydrogens (tertiary/aromatic N) is 2. The van der Waals surface area contributed by atoms with Gasteiger partial charge in [0.15, 0.2) is 17.3 Å². The van der Waals surface area contributed by atoms with Crippen molar-refractivity contribution in [2.75, 3.05) is 19.6 Å². The number of carbonyl (C=O) groups is 1. The highest BCUT2D eigenvalue weighted by Crippen LogP contribution is 2.28. The van der Waals surface area contributed by atoms with Gasteiger partial charge in [-0.2, -0.15) is 5.10 Å². The van der Waals surface area contributed by atoms with E-state index in [9.17, 15) is 13.6 Å². The van der Waals surface area contributed by atoms with Gasteiger partial charge in [0.2, 0.25) is 0 Å². The van der Waals surface area contributed by atoms with Gasteiger partial charge in [-0.3, -0.25) is 4.79 Å². The molecule has 1 aliphatic carbocycles. The zero-order chi connectivity index (χ0) is 18.1. The number of carbonyl (C=O) groups excluding carboxylic acids is 1. The number of amides is 1. The van der Waals surface area contributed by atoms with E-state index in [-0.39, 0.29) is 5.91 Å². The first-order valence-corrected chi connectivity index (χ1v) is 9.18. The zero-order valence-corrected chi connectivity index (χ0v) is 14.5. The van der Waals surface area contributed by atoms with Crippen molar-refractivity contribution in [2.24, 2.45) is 5.92 Å². The van der Waals surface area contributed by atoms with Gasteiger partial charge in [0, 0.05) is 23.9 Å². The Hall–Kier alpha value is -2.28. The van der Waals surface area contributed by atoms with Crippen molar-refractivity contribution >= 4 is 5.91 Å². The zero-order valence-electron chi connectivity index (χ0n) is 14.5. The summed E-state index contributed by atoms with van der Waals surface area (Å²) in [4.78, 5) is 12.6. The van der Waals surface area contributed by atoms with Gasteiger partial charge in [-0.1, -0.05) is 0 Å². The van der Waals surface area contributed by atoms with Crippen LogP contribution >= 0.6 is 0 Å². The largest absolute Gasteiger partial charge is 0.351 e. The Morgan fingerprint density at radius 2 is 2.19 bits per heavy atom. The average Bonchev–Trinajstić information content (AvgIpc) is 3.34. The maximum absolute atomic E-state index is 13.6. The van der Waals surface area contributed by atoms with Crippen molar-refractivity contribution in [3.63, 3.8) is 0 Å². The normalized spacial score (nSPS) is 18.9. The Labute approximate surface area is 150 Å². The van der Waals surface area contributed by atoms with Gasteiger partial charge >= 0.3 is 0 Å². The maximum Gasteiger partial charge on any atom is 0.272 e. The van der Waals surface area contributed by atoms with Crippen LogP contribution in [0.2, 0.25) is 0 Å². The van der Waals surface area contributed by atoms with Gasteiger partial charge < -0.3 is 10.6 Å². The van der Waals surface area contributed by atoms with Gasteiger partial charge in [-0.05, 0) is 63.2 Å². The van der Waals surface area contributed by atoms with Crippen LogP contribution in [-0.2, 0) is 12.8 Å². The highest BCUT2D eigenvalue weighted by molar-refractivity contribution is 5.94. The van der Waals surface area contributed by atoms with Crippen LogP contribution < -0.4 is 10.6 Å². The summed E-state index contributed by atoms with van der Waals surface area (Å²) in [6.45, 7) is 2.68. The van der Waals surface area contributed by atoms with Crippen LogP contribution in [0, 0.1) is 17.6 Å². The topological polar surface area (TPSA) is 59.0 Å². The number of hydrogen-bond donors (Lipinski definition) is 2. The monoisotopic (exact) mass is 360 g/mol. The fourth-order valence-electron chi connectivity index (χ4n) is 3.88. The standard InChI is InChI=1S/C19H22F2N4O/c20-15-5-4-13(10-16(15)21)25-17-3-1-2-14(17)18(24-25)19(26)23-9-7-12-6-8-22-11-12/h4-5,10,12,22H,1-3,6-9,11H2,(H,23,26). The number of rotatable bonds is 5. The Bertz CT molecular complexity index is 827. The van der Waals surface area contributed by atoms with Crippen molar-refractivity contribution in [2.45, 2.75) is 32.1 Å². The van der Waals surface area contributed by atoms with Crippen LogP contribution in [-0.4, -0.2) is 35.3 Å². The molecule has 5 nitrogen and oxygen atoms in total. The smallest absolute Gasteiger partial charge is 0.272 e. The minimum absolute atomic E-state index is 0.185. The van der Waals surface area contributed by atoms with Crippen LogP contribution in [0.1, 0.15) is 41.0 Å². The third-order valence-corrected chi connectivity index (χ3v) is 5.29. The minimum atomic E-state index is -0.916. The molecule has 1 aliphatic heterocycles. The van der Waals surface area contributed by atoms with Gasteiger partial charge in [-0.15, -0.1) is 0 Å². The molecule has 1 aromatic heterocycles. The lowest BCUT2D eigenvalue weighted by Gasteiger charge is -2.09. The lowest BCUT2D eigenvalue weighted by molar-refractivity contribution is 0.0945. The molecule has 4 rings (SSSR count). The van der Waals surface area contributed by atoms with E-state index < -0.39 is 11.6 Å². The molecule has 2 aromatic rings. The lowest BCUT2D eigenvalue weighted by atomic mass is 10.1. The third-order valence-electron chi connectivity index (χ3n) is 5.29. The number of fused-ring (bicyclic) bond motifs is 1. The average molecular weight is 360 g/mol. The molecule has 1 saturated heterocycles. The fourth-order valence-corrected chi connectivity index (χ4v) is 3.88. The summed E-state index contributed by atoms with van der Waals surface area (Å²) in [6.07, 6.45) is 4.60. The summed E-state index contributed by atoms with van der Waals surface area (Å²) in [5.41, 5.74) is 2.70. The summed E-state index contributed by atoms with van der Waals surface area (Å²) in [7, 11) is 0. The Morgan fingerprint density at radius 1 is 1.31 bits per heavy atom. The molecule has 7 heteroatoms. The molecule has 26 heavy (non-hydrogen) atoms. The summed E-state index contributed by atoms with van der Waals surface area (Å²) >= 11 is 0. The molecule has 1 unspecified atom stereocenters. The van der Waals surface area contributed by atoms with Gasteiger partial charge in [0.25, 0.3) is 5.91 Å². The van der Waals surface area contributed by atoms with E-state index in [1.165, 1.54) is 6.07 Å². The molecular weight excluding hydrogens is 338 g/mol. The SMILES string of the molecule is O=C(NCCC1CCNC1)c1nn(-c2ccc(F)c(F)c2)c2c1CCC2. The molecule has 1 amide bonds. The van der Waals surface area contributed by atoms with E-state index in [0.717, 1.165) is 68.6 Å². The van der Waals surface area contributed by atoms with Crippen LogP contribution in [0.15, 0.2) is 18.2 Å². The van der Waals surface area contributed by atoms with E-state index in [4.69, 9.17) is 0 Å². The molecule has 2 aliphatic rings. The molecule has 0 spiro atoms. The van der Waals surface area contributed by atoms with E-state index >= 15 is 0 Å². The molecule has 1 fully saturated rings. The molecular formula is C19H22F2N4O. The minimum Gasteiger partial charge on any atom is -0.351 e. The predicted octanol–water partition coefficient (Wildman–Crippen LogP) is 2.37. The predicted molar refractivity (Wildman–Crippen MR) is 93.4 cm³/mol. The molecule has 0 radical (unpaired) electrons. The first kappa shape index (κ1) is 17.1. The number of halogens is 2. The summed E-state index contributed by atoms with van der Waals surface area (Å²) in [6, 6.07) is 3.69. The van der Waals surface area contributed by atoms with Gasteiger partial charge in [-0.25, -0.2) is 13.5 Å². The maximum atomic E-state index is 13.6. The second-order valence-corrected chi connectivity index (χ2v) is 7.04. The van der Waals surface area contributed by atoms with Gasteiger partial charge in [0.05, 0.1) is 5.69 Å².